The molecule has 0 rings (SSSR count). The first-order chi connectivity index (χ1) is 4.22. The average molecular weight is 260 g/mol. The van der Waals surface area contributed by atoms with Gasteiger partial charge in [0.2, 0.25) is 0 Å². The molecule has 0 bridgehead atoms. The standard InChI is InChI=1S/C6H12Br2O/c1-5(8)6(9-2)3-4-7/h5-6H,3-4H2,1-2H3. The molecule has 0 saturated carbocycles. The molecule has 2 unspecified atom stereocenters. The first kappa shape index (κ1) is 9.92. The molecule has 0 amide bonds. The summed E-state index contributed by atoms with van der Waals surface area (Å²) in [4.78, 5) is 0.444. The highest BCUT2D eigenvalue weighted by atomic mass is 79.9. The van der Waals surface area contributed by atoms with Crippen molar-refractivity contribution in [2.75, 3.05) is 12.4 Å². The van der Waals surface area contributed by atoms with E-state index in [0.29, 0.717) is 10.9 Å². The van der Waals surface area contributed by atoms with Crippen molar-refractivity contribution in [1.82, 2.24) is 0 Å². The summed E-state index contributed by atoms with van der Waals surface area (Å²) in [5, 5.41) is 1.00. The van der Waals surface area contributed by atoms with Crippen molar-refractivity contribution in [1.29, 1.82) is 0 Å². The van der Waals surface area contributed by atoms with E-state index >= 15 is 0 Å². The maximum atomic E-state index is 5.18. The Morgan fingerprint density at radius 3 is 2.22 bits per heavy atom. The van der Waals surface area contributed by atoms with Crippen molar-refractivity contribution in [2.24, 2.45) is 0 Å². The van der Waals surface area contributed by atoms with Crippen LogP contribution in [0.2, 0.25) is 0 Å². The van der Waals surface area contributed by atoms with Crippen molar-refractivity contribution < 1.29 is 4.74 Å². The van der Waals surface area contributed by atoms with Crippen LogP contribution in [-0.4, -0.2) is 23.4 Å². The molecule has 1 nitrogen and oxygen atoms in total. The van der Waals surface area contributed by atoms with Crippen LogP contribution in [0.15, 0.2) is 0 Å². The van der Waals surface area contributed by atoms with E-state index in [9.17, 15) is 0 Å². The Hall–Kier alpha value is 0.920. The highest BCUT2D eigenvalue weighted by Crippen LogP contribution is 2.12. The second kappa shape index (κ2) is 5.69. The summed E-state index contributed by atoms with van der Waals surface area (Å²) in [6.07, 6.45) is 1.40. The maximum absolute atomic E-state index is 5.18. The van der Waals surface area contributed by atoms with Crippen LogP contribution in [0.1, 0.15) is 13.3 Å². The molecule has 0 radical (unpaired) electrons. The van der Waals surface area contributed by atoms with E-state index in [2.05, 4.69) is 38.8 Å². The predicted molar refractivity (Wildman–Crippen MR) is 47.6 cm³/mol. The lowest BCUT2D eigenvalue weighted by molar-refractivity contribution is 0.104. The van der Waals surface area contributed by atoms with E-state index in [1.54, 1.807) is 7.11 Å². The van der Waals surface area contributed by atoms with Crippen LogP contribution >= 0.6 is 31.9 Å². The number of hydrogen-bond donors (Lipinski definition) is 0. The second-order valence-corrected chi connectivity index (χ2v) is 4.17. The van der Waals surface area contributed by atoms with Gasteiger partial charge in [-0.05, 0) is 6.42 Å². The van der Waals surface area contributed by atoms with Gasteiger partial charge in [0.25, 0.3) is 0 Å². The molecule has 2 atom stereocenters. The van der Waals surface area contributed by atoms with Crippen molar-refractivity contribution in [3.8, 4) is 0 Å². The van der Waals surface area contributed by atoms with Crippen LogP contribution in [0.4, 0.5) is 0 Å². The third kappa shape index (κ3) is 4.34. The van der Waals surface area contributed by atoms with Crippen LogP contribution in [-0.2, 0) is 4.74 Å². The quantitative estimate of drug-likeness (QED) is 0.706. The maximum Gasteiger partial charge on any atom is 0.0701 e. The van der Waals surface area contributed by atoms with Crippen LogP contribution in [0.25, 0.3) is 0 Å². The van der Waals surface area contributed by atoms with Gasteiger partial charge in [-0.2, -0.15) is 0 Å². The fourth-order valence-electron chi connectivity index (χ4n) is 0.643. The molecule has 0 aliphatic carbocycles. The Balaban J connectivity index is 3.41. The van der Waals surface area contributed by atoms with Crippen LogP contribution in [0.5, 0.6) is 0 Å². The van der Waals surface area contributed by atoms with Gasteiger partial charge < -0.3 is 4.74 Å². The Kier molecular flexibility index (Phi) is 6.27. The minimum Gasteiger partial charge on any atom is -0.380 e. The van der Waals surface area contributed by atoms with Crippen molar-refractivity contribution in [3.63, 3.8) is 0 Å². The number of halogens is 2. The first-order valence-corrected chi connectivity index (χ1v) is 4.99. The van der Waals surface area contributed by atoms with E-state index < -0.39 is 0 Å². The zero-order valence-corrected chi connectivity index (χ0v) is 8.91. The largest absolute Gasteiger partial charge is 0.380 e. The third-order valence-corrected chi connectivity index (χ3v) is 2.26. The first-order valence-electron chi connectivity index (χ1n) is 2.95. The SMILES string of the molecule is COC(CCBr)C(C)Br. The lowest BCUT2D eigenvalue weighted by atomic mass is 10.2. The molecule has 0 saturated heterocycles. The zero-order valence-electron chi connectivity index (χ0n) is 5.73. The molecular formula is C6H12Br2O. The summed E-state index contributed by atoms with van der Waals surface area (Å²) < 4.78 is 5.18. The van der Waals surface area contributed by atoms with E-state index in [1.165, 1.54) is 0 Å². The lowest BCUT2D eigenvalue weighted by Gasteiger charge is -2.15. The minimum atomic E-state index is 0.337. The number of alkyl halides is 2. The molecular weight excluding hydrogens is 248 g/mol. The van der Waals surface area contributed by atoms with E-state index in [4.69, 9.17) is 4.74 Å². The number of rotatable bonds is 4. The summed E-state index contributed by atoms with van der Waals surface area (Å²) in [6, 6.07) is 0. The van der Waals surface area contributed by atoms with Gasteiger partial charge in [-0.1, -0.05) is 38.8 Å². The highest BCUT2D eigenvalue weighted by Gasteiger charge is 2.11. The normalized spacial score (nSPS) is 17.3. The molecule has 0 fully saturated rings. The van der Waals surface area contributed by atoms with Crippen LogP contribution in [0, 0.1) is 0 Å². The monoisotopic (exact) mass is 258 g/mol. The van der Waals surface area contributed by atoms with Gasteiger partial charge in [0.15, 0.2) is 0 Å². The number of hydrogen-bond acceptors (Lipinski definition) is 1. The van der Waals surface area contributed by atoms with Crippen molar-refractivity contribution in [2.45, 2.75) is 24.3 Å². The summed E-state index contributed by atoms with van der Waals surface area (Å²) in [5.41, 5.74) is 0. The molecule has 56 valence electrons. The van der Waals surface area contributed by atoms with Gasteiger partial charge in [0.05, 0.1) is 6.10 Å². The molecule has 0 heterocycles. The molecule has 0 spiro atoms. The van der Waals surface area contributed by atoms with Gasteiger partial charge in [0.1, 0.15) is 0 Å². The summed E-state index contributed by atoms with van der Waals surface area (Å²) in [6.45, 7) is 2.09. The Bertz CT molecular complexity index is 66.1. The Morgan fingerprint density at radius 2 is 2.11 bits per heavy atom. The second-order valence-electron chi connectivity index (χ2n) is 1.93. The molecule has 9 heavy (non-hydrogen) atoms. The predicted octanol–water partition coefficient (Wildman–Crippen LogP) is 2.57. The molecule has 0 N–H and O–H groups in total. The van der Waals surface area contributed by atoms with Crippen LogP contribution < -0.4 is 0 Å². The summed E-state index contributed by atoms with van der Waals surface area (Å²) in [5.74, 6) is 0. The molecule has 0 aromatic heterocycles. The molecule has 0 aliphatic rings. The van der Waals surface area contributed by atoms with Crippen LogP contribution in [0.3, 0.4) is 0 Å². The lowest BCUT2D eigenvalue weighted by Crippen LogP contribution is -2.20. The molecule has 0 aromatic carbocycles. The zero-order chi connectivity index (χ0) is 7.28. The topological polar surface area (TPSA) is 9.23 Å². The summed E-state index contributed by atoms with van der Waals surface area (Å²) >= 11 is 6.81. The van der Waals surface area contributed by atoms with Gasteiger partial charge in [-0.25, -0.2) is 0 Å². The fraction of sp³-hybridized carbons (Fsp3) is 1.00. The average Bonchev–Trinajstić information content (AvgIpc) is 1.82. The third-order valence-electron chi connectivity index (χ3n) is 1.21. The van der Waals surface area contributed by atoms with Gasteiger partial charge in [0, 0.05) is 17.3 Å². The minimum absolute atomic E-state index is 0.337. The van der Waals surface area contributed by atoms with Crippen molar-refractivity contribution >= 4 is 31.9 Å². The smallest absolute Gasteiger partial charge is 0.0701 e. The van der Waals surface area contributed by atoms with Crippen molar-refractivity contribution in [3.05, 3.63) is 0 Å². The van der Waals surface area contributed by atoms with Gasteiger partial charge in [-0.15, -0.1) is 0 Å². The van der Waals surface area contributed by atoms with Gasteiger partial charge >= 0.3 is 0 Å². The molecule has 0 aromatic rings. The Morgan fingerprint density at radius 1 is 1.56 bits per heavy atom. The number of ether oxygens (including phenoxy) is 1. The highest BCUT2D eigenvalue weighted by molar-refractivity contribution is 9.09. The van der Waals surface area contributed by atoms with E-state index in [-0.39, 0.29) is 0 Å². The summed E-state index contributed by atoms with van der Waals surface area (Å²) in [7, 11) is 1.74. The Labute approximate surface area is 73.4 Å². The van der Waals surface area contributed by atoms with Gasteiger partial charge in [-0.3, -0.25) is 0 Å². The fourth-order valence-corrected chi connectivity index (χ4v) is 1.57. The van der Waals surface area contributed by atoms with E-state index in [1.807, 2.05) is 0 Å². The molecule has 0 aliphatic heterocycles. The number of methoxy groups -OCH3 is 1. The molecule has 3 heteroatoms. The van der Waals surface area contributed by atoms with E-state index in [0.717, 1.165) is 11.8 Å².